The van der Waals surface area contributed by atoms with Gasteiger partial charge in [0.05, 0.1) is 41.5 Å². The van der Waals surface area contributed by atoms with Crippen molar-refractivity contribution >= 4 is 34.8 Å². The molecule has 1 N–H and O–H groups in total. The summed E-state index contributed by atoms with van der Waals surface area (Å²) in [5.74, 6) is 0.739. The Morgan fingerprint density at radius 1 is 1.33 bits per heavy atom. The molecule has 0 radical (unpaired) electrons. The third kappa shape index (κ3) is 5.41. The number of halogens is 2. The number of aromatic nitrogens is 4. The highest BCUT2D eigenvalue weighted by Gasteiger charge is 2.25. The molecule has 10 heteroatoms. The first-order valence-corrected chi connectivity index (χ1v) is 10.9. The summed E-state index contributed by atoms with van der Waals surface area (Å²) in [6.45, 7) is 2.42. The topological polar surface area (TPSA) is 108 Å². The maximum atomic E-state index is 13.6. The summed E-state index contributed by atoms with van der Waals surface area (Å²) in [5.41, 5.74) is 2.89. The Kier molecular flexibility index (Phi) is 6.75. The van der Waals surface area contributed by atoms with E-state index in [0.29, 0.717) is 52.9 Å². The molecule has 0 saturated carbocycles. The fourth-order valence-electron chi connectivity index (χ4n) is 3.47. The molecule has 168 valence electrons. The van der Waals surface area contributed by atoms with E-state index >= 15 is 0 Å². The second-order valence-electron chi connectivity index (χ2n) is 7.73. The van der Waals surface area contributed by atoms with Gasteiger partial charge < -0.3 is 10.2 Å². The van der Waals surface area contributed by atoms with E-state index in [9.17, 15) is 14.4 Å². The van der Waals surface area contributed by atoms with Gasteiger partial charge in [-0.25, -0.2) is 19.3 Å². The highest BCUT2D eigenvalue weighted by atomic mass is 35.5. The van der Waals surface area contributed by atoms with Gasteiger partial charge in [-0.15, -0.1) is 11.6 Å². The van der Waals surface area contributed by atoms with Crippen LogP contribution in [0, 0.1) is 11.3 Å². The largest absolute Gasteiger partial charge is 0.352 e. The van der Waals surface area contributed by atoms with E-state index in [1.807, 2.05) is 0 Å². The van der Waals surface area contributed by atoms with Crippen LogP contribution in [-0.4, -0.2) is 50.4 Å². The van der Waals surface area contributed by atoms with Crippen LogP contribution in [0.4, 0.5) is 21.8 Å². The summed E-state index contributed by atoms with van der Waals surface area (Å²) in [5, 5.41) is 12.1. The highest BCUT2D eigenvalue weighted by molar-refractivity contribution is 6.30. The van der Waals surface area contributed by atoms with Gasteiger partial charge in [-0.3, -0.25) is 9.78 Å². The van der Waals surface area contributed by atoms with E-state index < -0.39 is 11.5 Å². The molecule has 0 bridgehead atoms. The molecule has 0 aromatic carbocycles. The van der Waals surface area contributed by atoms with Gasteiger partial charge in [0.1, 0.15) is 18.1 Å². The van der Waals surface area contributed by atoms with Crippen LogP contribution in [0.5, 0.6) is 0 Å². The zero-order valence-corrected chi connectivity index (χ0v) is 18.6. The average Bonchev–Trinajstić information content (AvgIpc) is 3.26. The van der Waals surface area contributed by atoms with E-state index in [0.717, 1.165) is 0 Å². The van der Waals surface area contributed by atoms with Crippen LogP contribution < -0.4 is 10.2 Å². The molecule has 4 rings (SSSR count). The molecule has 1 aliphatic rings. The van der Waals surface area contributed by atoms with Gasteiger partial charge >= 0.3 is 0 Å². The number of alkyl halides is 2. The van der Waals surface area contributed by atoms with E-state index in [1.165, 1.54) is 0 Å². The first kappa shape index (κ1) is 22.6. The van der Waals surface area contributed by atoms with Crippen LogP contribution in [0.2, 0.25) is 0 Å². The SMILES string of the molecule is CC(Cl)C(=O)Cc1ccc(Nc2nccc(-c3cnc(N4CC[C@H](F)C4)c(C#N)c3)n2)cn1. The normalized spacial score (nSPS) is 16.3. The van der Waals surface area contributed by atoms with Crippen molar-refractivity contribution in [3.8, 4) is 17.3 Å². The fraction of sp³-hybridized carbons (Fsp3) is 0.304. The zero-order chi connectivity index (χ0) is 23.4. The van der Waals surface area contributed by atoms with Crippen molar-refractivity contribution in [2.24, 2.45) is 0 Å². The maximum absolute atomic E-state index is 13.6. The van der Waals surface area contributed by atoms with Crippen molar-refractivity contribution in [1.82, 2.24) is 19.9 Å². The predicted molar refractivity (Wildman–Crippen MR) is 123 cm³/mol. The second kappa shape index (κ2) is 9.88. The van der Waals surface area contributed by atoms with Crippen molar-refractivity contribution in [3.63, 3.8) is 0 Å². The Labute approximate surface area is 195 Å². The van der Waals surface area contributed by atoms with Crippen molar-refractivity contribution in [2.45, 2.75) is 31.3 Å². The Bertz CT molecular complexity index is 1200. The molecule has 1 fully saturated rings. The number of hydrogen-bond donors (Lipinski definition) is 1. The Morgan fingerprint density at radius 2 is 2.18 bits per heavy atom. The van der Waals surface area contributed by atoms with E-state index in [4.69, 9.17) is 11.6 Å². The quantitative estimate of drug-likeness (QED) is 0.524. The van der Waals surface area contributed by atoms with Gasteiger partial charge in [-0.2, -0.15) is 5.26 Å². The lowest BCUT2D eigenvalue weighted by Crippen LogP contribution is -2.22. The number of rotatable bonds is 7. The minimum Gasteiger partial charge on any atom is -0.352 e. The molecule has 3 aromatic rings. The Morgan fingerprint density at radius 3 is 2.85 bits per heavy atom. The summed E-state index contributed by atoms with van der Waals surface area (Å²) < 4.78 is 13.6. The monoisotopic (exact) mass is 465 g/mol. The second-order valence-corrected chi connectivity index (χ2v) is 8.38. The van der Waals surface area contributed by atoms with E-state index in [-0.39, 0.29) is 18.7 Å². The minimum atomic E-state index is -0.901. The lowest BCUT2D eigenvalue weighted by atomic mass is 10.1. The summed E-state index contributed by atoms with van der Waals surface area (Å²) in [7, 11) is 0. The number of hydrogen-bond acceptors (Lipinski definition) is 8. The number of pyridine rings is 2. The number of ketones is 1. The van der Waals surface area contributed by atoms with Crippen LogP contribution in [-0.2, 0) is 11.2 Å². The summed E-state index contributed by atoms with van der Waals surface area (Å²) in [4.78, 5) is 31.0. The molecule has 33 heavy (non-hydrogen) atoms. The predicted octanol–water partition coefficient (Wildman–Crippen LogP) is 3.84. The van der Waals surface area contributed by atoms with Gasteiger partial charge in [0.2, 0.25) is 5.95 Å². The van der Waals surface area contributed by atoms with Gasteiger partial charge in [0.25, 0.3) is 0 Å². The minimum absolute atomic E-state index is 0.0912. The summed E-state index contributed by atoms with van der Waals surface area (Å²) in [6.07, 6.45) is 4.52. The number of carbonyl (C=O) groups is 1. The number of nitrogens with zero attached hydrogens (tertiary/aromatic N) is 6. The number of carbonyl (C=O) groups excluding carboxylic acids is 1. The van der Waals surface area contributed by atoms with Gasteiger partial charge in [-0.05, 0) is 37.6 Å². The molecular weight excluding hydrogens is 445 g/mol. The van der Waals surface area contributed by atoms with Crippen LogP contribution in [0.25, 0.3) is 11.3 Å². The molecule has 1 saturated heterocycles. The molecular formula is C23H21ClFN7O. The molecule has 1 unspecified atom stereocenters. The summed E-state index contributed by atoms with van der Waals surface area (Å²) >= 11 is 5.80. The molecule has 3 aromatic heterocycles. The van der Waals surface area contributed by atoms with Gasteiger partial charge in [0, 0.05) is 30.2 Å². The number of Topliss-reactive ketones (excluding diaryl/α,β-unsaturated/α-hetero) is 1. The van der Waals surface area contributed by atoms with Gasteiger partial charge in [0.15, 0.2) is 5.78 Å². The van der Waals surface area contributed by atoms with Crippen LogP contribution in [0.1, 0.15) is 24.6 Å². The fourth-order valence-corrected chi connectivity index (χ4v) is 3.55. The van der Waals surface area contributed by atoms with E-state index in [1.54, 1.807) is 54.7 Å². The first-order valence-electron chi connectivity index (χ1n) is 10.4. The maximum Gasteiger partial charge on any atom is 0.227 e. The van der Waals surface area contributed by atoms with Gasteiger partial charge in [-0.1, -0.05) is 0 Å². The Hall–Kier alpha value is -3.64. The number of nitriles is 1. The average molecular weight is 466 g/mol. The Balaban J connectivity index is 1.50. The molecule has 4 heterocycles. The molecule has 0 spiro atoms. The lowest BCUT2D eigenvalue weighted by Gasteiger charge is -2.18. The van der Waals surface area contributed by atoms with Crippen molar-refractivity contribution < 1.29 is 9.18 Å². The molecule has 0 aliphatic carbocycles. The zero-order valence-electron chi connectivity index (χ0n) is 17.9. The standard InChI is InChI=1S/C23H21ClFN7O/c1-14(24)21(33)9-18-2-3-19(12-28-18)30-23-27-6-4-20(31-23)16-8-15(10-26)22(29-11-16)32-7-5-17(25)13-32/h2-4,6,8,11-12,14,17H,5,7,9,13H2,1H3,(H,27,30,31)/t14?,17-/m0/s1. The first-order chi connectivity index (χ1) is 15.9. The summed E-state index contributed by atoms with van der Waals surface area (Å²) in [6, 6.07) is 9.09. The lowest BCUT2D eigenvalue weighted by molar-refractivity contribution is -0.117. The third-order valence-electron chi connectivity index (χ3n) is 5.25. The van der Waals surface area contributed by atoms with Crippen molar-refractivity contribution in [3.05, 3.63) is 54.1 Å². The number of anilines is 3. The van der Waals surface area contributed by atoms with E-state index in [2.05, 4.69) is 31.3 Å². The smallest absolute Gasteiger partial charge is 0.227 e. The van der Waals surface area contributed by atoms with Crippen molar-refractivity contribution in [1.29, 1.82) is 5.26 Å². The molecule has 0 amide bonds. The molecule has 1 aliphatic heterocycles. The number of nitrogens with one attached hydrogen (secondary N) is 1. The van der Waals surface area contributed by atoms with Crippen LogP contribution in [0.15, 0.2) is 42.9 Å². The third-order valence-corrected chi connectivity index (χ3v) is 5.49. The highest BCUT2D eigenvalue weighted by Crippen LogP contribution is 2.27. The van der Waals surface area contributed by atoms with Crippen LogP contribution >= 0.6 is 11.6 Å². The van der Waals surface area contributed by atoms with Crippen LogP contribution in [0.3, 0.4) is 0 Å². The molecule has 8 nitrogen and oxygen atoms in total. The molecule has 2 atom stereocenters. The van der Waals surface area contributed by atoms with Crippen molar-refractivity contribution in [2.75, 3.05) is 23.3 Å².